The molecule has 12 heavy (non-hydrogen) atoms. The molecule has 0 aliphatic carbocycles. The third kappa shape index (κ3) is 1.60. The third-order valence-electron chi connectivity index (χ3n) is 1.57. The van der Waals surface area contributed by atoms with E-state index in [1.807, 2.05) is 0 Å². The molecule has 0 fully saturated rings. The number of benzene rings is 1. The van der Waals surface area contributed by atoms with Gasteiger partial charge in [0.1, 0.15) is 11.6 Å². The fraction of sp³-hybridized carbons (Fsp3) is 0.250. The Morgan fingerprint density at radius 3 is 2.25 bits per heavy atom. The maximum absolute atomic E-state index is 12.9. The van der Waals surface area contributed by atoms with Gasteiger partial charge in [0.05, 0.1) is 12.6 Å². The largest absolute Gasteiger partial charge is 0.394 e. The third-order valence-corrected chi connectivity index (χ3v) is 1.57. The second-order valence-corrected chi connectivity index (χ2v) is 2.42. The van der Waals surface area contributed by atoms with E-state index >= 15 is 0 Å². The van der Waals surface area contributed by atoms with Crippen LogP contribution in [0.25, 0.3) is 0 Å². The van der Waals surface area contributed by atoms with Gasteiger partial charge in [-0.2, -0.15) is 0 Å². The quantitative estimate of drug-likeness (QED) is 0.699. The minimum Gasteiger partial charge on any atom is -0.394 e. The van der Waals surface area contributed by atoms with E-state index in [0.29, 0.717) is 0 Å². The number of nitrogens with two attached hydrogens (primary N) is 1. The maximum atomic E-state index is 12.9. The highest BCUT2D eigenvalue weighted by molar-refractivity contribution is 5.22. The first kappa shape index (κ1) is 9.09. The van der Waals surface area contributed by atoms with Crippen molar-refractivity contribution < 1.29 is 13.9 Å². The van der Waals surface area contributed by atoms with Gasteiger partial charge in [0, 0.05) is 5.56 Å². The fourth-order valence-corrected chi connectivity index (χ4v) is 0.956. The van der Waals surface area contributed by atoms with Crippen molar-refractivity contribution in [2.45, 2.75) is 6.04 Å². The summed E-state index contributed by atoms with van der Waals surface area (Å²) in [6.07, 6.45) is 0. The average molecular weight is 173 g/mol. The highest BCUT2D eigenvalue weighted by Gasteiger charge is 2.14. The summed E-state index contributed by atoms with van der Waals surface area (Å²) in [5.74, 6) is -1.45. The summed E-state index contributed by atoms with van der Waals surface area (Å²) >= 11 is 0. The molecule has 0 unspecified atom stereocenters. The number of aliphatic hydroxyl groups excluding tert-OH is 1. The molecule has 0 heterocycles. The maximum Gasteiger partial charge on any atom is 0.130 e. The van der Waals surface area contributed by atoms with Gasteiger partial charge in [-0.3, -0.25) is 0 Å². The van der Waals surface area contributed by atoms with Gasteiger partial charge in [-0.25, -0.2) is 8.78 Å². The van der Waals surface area contributed by atoms with Crippen molar-refractivity contribution in [2.75, 3.05) is 6.61 Å². The molecule has 0 aliphatic rings. The van der Waals surface area contributed by atoms with E-state index in [2.05, 4.69) is 0 Å². The summed E-state index contributed by atoms with van der Waals surface area (Å²) in [5, 5.41) is 8.58. The predicted octanol–water partition coefficient (Wildman–Crippen LogP) is 0.957. The van der Waals surface area contributed by atoms with Crippen LogP contribution >= 0.6 is 0 Å². The molecule has 0 radical (unpaired) electrons. The van der Waals surface area contributed by atoms with E-state index in [1.54, 1.807) is 0 Å². The summed E-state index contributed by atoms with van der Waals surface area (Å²) in [6.45, 7) is -0.474. The monoisotopic (exact) mass is 173 g/mol. The molecule has 0 aromatic heterocycles. The van der Waals surface area contributed by atoms with E-state index in [1.165, 1.54) is 6.07 Å². The Labute approximate surface area is 68.6 Å². The summed E-state index contributed by atoms with van der Waals surface area (Å²) in [5.41, 5.74) is 5.00. The normalized spacial score (nSPS) is 13.0. The number of aliphatic hydroxyl groups is 1. The first-order valence-electron chi connectivity index (χ1n) is 3.47. The van der Waals surface area contributed by atoms with Crippen molar-refractivity contribution >= 4 is 0 Å². The van der Waals surface area contributed by atoms with Gasteiger partial charge < -0.3 is 10.8 Å². The predicted molar refractivity (Wildman–Crippen MR) is 40.4 cm³/mol. The van der Waals surface area contributed by atoms with Gasteiger partial charge in [0.15, 0.2) is 0 Å². The molecule has 2 nitrogen and oxygen atoms in total. The van der Waals surface area contributed by atoms with Gasteiger partial charge >= 0.3 is 0 Å². The number of hydrogen-bond acceptors (Lipinski definition) is 2. The van der Waals surface area contributed by atoms with Gasteiger partial charge in [-0.1, -0.05) is 6.07 Å². The molecule has 0 aliphatic heterocycles. The lowest BCUT2D eigenvalue weighted by molar-refractivity contribution is 0.262. The van der Waals surface area contributed by atoms with Gasteiger partial charge in [-0.05, 0) is 12.1 Å². The van der Waals surface area contributed by atoms with Crippen LogP contribution in [0.1, 0.15) is 11.6 Å². The summed E-state index contributed by atoms with van der Waals surface area (Å²) in [6, 6.07) is 2.46. The van der Waals surface area contributed by atoms with Crippen molar-refractivity contribution in [1.82, 2.24) is 0 Å². The molecule has 0 saturated heterocycles. The zero-order chi connectivity index (χ0) is 9.14. The molecule has 66 valence electrons. The fourth-order valence-electron chi connectivity index (χ4n) is 0.956. The highest BCUT2D eigenvalue weighted by Crippen LogP contribution is 2.17. The Morgan fingerprint density at radius 2 is 1.83 bits per heavy atom. The SMILES string of the molecule is N[C@@H](CO)c1c(F)cccc1F. The Bertz CT molecular complexity index is 258. The van der Waals surface area contributed by atoms with E-state index in [9.17, 15) is 8.78 Å². The first-order chi connectivity index (χ1) is 5.66. The molecule has 0 amide bonds. The molecule has 1 aromatic rings. The Hall–Kier alpha value is -1.00. The molecule has 4 heteroatoms. The van der Waals surface area contributed by atoms with Crippen molar-refractivity contribution in [1.29, 1.82) is 0 Å². The first-order valence-corrected chi connectivity index (χ1v) is 3.47. The van der Waals surface area contributed by atoms with Crippen molar-refractivity contribution in [3.05, 3.63) is 35.4 Å². The molecule has 0 saturated carbocycles. The molecule has 1 atom stereocenters. The van der Waals surface area contributed by atoms with Crippen LogP contribution in [0.5, 0.6) is 0 Å². The van der Waals surface area contributed by atoms with Crippen molar-refractivity contribution in [2.24, 2.45) is 5.73 Å². The topological polar surface area (TPSA) is 46.2 Å². The molecule has 0 bridgehead atoms. The van der Waals surface area contributed by atoms with Crippen LogP contribution in [0, 0.1) is 11.6 Å². The standard InChI is InChI=1S/C8H9F2NO/c9-5-2-1-3-6(10)8(5)7(11)4-12/h1-3,7,12H,4,11H2/t7-/m0/s1. The van der Waals surface area contributed by atoms with Crippen LogP contribution in [0.3, 0.4) is 0 Å². The van der Waals surface area contributed by atoms with Crippen LogP contribution < -0.4 is 5.73 Å². The second-order valence-electron chi connectivity index (χ2n) is 2.42. The van der Waals surface area contributed by atoms with Crippen LogP contribution in [-0.2, 0) is 0 Å². The van der Waals surface area contributed by atoms with Gasteiger partial charge in [0.25, 0.3) is 0 Å². The lowest BCUT2D eigenvalue weighted by Crippen LogP contribution is -2.17. The van der Waals surface area contributed by atoms with Crippen LogP contribution in [-0.4, -0.2) is 11.7 Å². The summed E-state index contributed by atoms with van der Waals surface area (Å²) in [4.78, 5) is 0. The minimum absolute atomic E-state index is 0.264. The zero-order valence-electron chi connectivity index (χ0n) is 6.30. The lowest BCUT2D eigenvalue weighted by Gasteiger charge is -2.09. The van der Waals surface area contributed by atoms with E-state index in [0.717, 1.165) is 12.1 Å². The van der Waals surface area contributed by atoms with E-state index < -0.39 is 24.3 Å². The summed E-state index contributed by atoms with van der Waals surface area (Å²) < 4.78 is 25.7. The molecule has 3 N–H and O–H groups in total. The van der Waals surface area contributed by atoms with E-state index in [-0.39, 0.29) is 5.56 Å². The minimum atomic E-state index is -0.994. The number of hydrogen-bond donors (Lipinski definition) is 2. The molecular weight excluding hydrogens is 164 g/mol. The molecular formula is C8H9F2NO. The molecule has 0 spiro atoms. The number of rotatable bonds is 2. The molecule has 1 aromatic carbocycles. The molecule has 1 rings (SSSR count). The van der Waals surface area contributed by atoms with Crippen molar-refractivity contribution in [3.8, 4) is 0 Å². The van der Waals surface area contributed by atoms with Crippen LogP contribution in [0.4, 0.5) is 8.78 Å². The van der Waals surface area contributed by atoms with Gasteiger partial charge in [0.2, 0.25) is 0 Å². The average Bonchev–Trinajstić information content (AvgIpc) is 2.03. The van der Waals surface area contributed by atoms with E-state index in [4.69, 9.17) is 10.8 Å². The zero-order valence-corrected chi connectivity index (χ0v) is 6.30. The number of halogens is 2. The second kappa shape index (κ2) is 3.60. The van der Waals surface area contributed by atoms with Crippen molar-refractivity contribution in [3.63, 3.8) is 0 Å². The van der Waals surface area contributed by atoms with Crippen LogP contribution in [0.15, 0.2) is 18.2 Å². The highest BCUT2D eigenvalue weighted by atomic mass is 19.1. The Morgan fingerprint density at radius 1 is 1.33 bits per heavy atom. The van der Waals surface area contributed by atoms with Gasteiger partial charge in [-0.15, -0.1) is 0 Å². The summed E-state index contributed by atoms with van der Waals surface area (Å²) in [7, 11) is 0. The smallest absolute Gasteiger partial charge is 0.130 e. The van der Waals surface area contributed by atoms with Crippen LogP contribution in [0.2, 0.25) is 0 Å². The lowest BCUT2D eigenvalue weighted by atomic mass is 10.1. The Balaban J connectivity index is 3.12. The Kier molecular flexibility index (Phi) is 2.73.